The Hall–Kier alpha value is -1.12. The van der Waals surface area contributed by atoms with Crippen LogP contribution in [0.4, 0.5) is 13.2 Å². The standard InChI is InChI=1S/C12H17F3N2O2S/c1-9(5-6-16)8-17-20(18,19)11-4-2-3-10(7-11)12(13,14)15/h2-4,7,9,17H,5-6,8,16H2,1H3. The molecule has 0 saturated heterocycles. The molecule has 1 aromatic rings. The summed E-state index contributed by atoms with van der Waals surface area (Å²) >= 11 is 0. The fraction of sp³-hybridized carbons (Fsp3) is 0.500. The van der Waals surface area contributed by atoms with Gasteiger partial charge in [-0.25, -0.2) is 13.1 Å². The number of rotatable bonds is 6. The molecule has 0 fully saturated rings. The third-order valence-electron chi connectivity index (χ3n) is 2.75. The third kappa shape index (κ3) is 4.77. The third-order valence-corrected chi connectivity index (χ3v) is 4.17. The zero-order valence-corrected chi connectivity index (χ0v) is 11.8. The van der Waals surface area contributed by atoms with Gasteiger partial charge in [0.2, 0.25) is 10.0 Å². The number of alkyl halides is 3. The fourth-order valence-electron chi connectivity index (χ4n) is 1.56. The summed E-state index contributed by atoms with van der Waals surface area (Å²) in [6.07, 6.45) is -3.94. The van der Waals surface area contributed by atoms with Crippen LogP contribution in [0.5, 0.6) is 0 Å². The molecule has 1 rings (SSSR count). The second-order valence-corrected chi connectivity index (χ2v) is 6.33. The molecule has 0 aromatic heterocycles. The van der Waals surface area contributed by atoms with E-state index in [9.17, 15) is 21.6 Å². The monoisotopic (exact) mass is 310 g/mol. The maximum absolute atomic E-state index is 12.5. The van der Waals surface area contributed by atoms with Gasteiger partial charge >= 0.3 is 6.18 Å². The van der Waals surface area contributed by atoms with Crippen molar-refractivity contribution in [2.75, 3.05) is 13.1 Å². The van der Waals surface area contributed by atoms with Crippen molar-refractivity contribution in [2.45, 2.75) is 24.4 Å². The molecule has 1 unspecified atom stereocenters. The number of benzene rings is 1. The van der Waals surface area contributed by atoms with Gasteiger partial charge in [-0.15, -0.1) is 0 Å². The maximum atomic E-state index is 12.5. The van der Waals surface area contributed by atoms with Gasteiger partial charge in [0.15, 0.2) is 0 Å². The van der Waals surface area contributed by atoms with Crippen molar-refractivity contribution in [1.29, 1.82) is 0 Å². The van der Waals surface area contributed by atoms with Crippen molar-refractivity contribution in [3.05, 3.63) is 29.8 Å². The molecular weight excluding hydrogens is 293 g/mol. The van der Waals surface area contributed by atoms with Gasteiger partial charge in [0, 0.05) is 6.54 Å². The second-order valence-electron chi connectivity index (χ2n) is 4.56. The lowest BCUT2D eigenvalue weighted by Gasteiger charge is -2.13. The first kappa shape index (κ1) is 16.9. The van der Waals surface area contributed by atoms with Crippen LogP contribution in [0.1, 0.15) is 18.9 Å². The Balaban J connectivity index is 2.88. The molecule has 20 heavy (non-hydrogen) atoms. The van der Waals surface area contributed by atoms with Crippen molar-refractivity contribution in [3.8, 4) is 0 Å². The Morgan fingerprint density at radius 2 is 2.00 bits per heavy atom. The van der Waals surface area contributed by atoms with Crippen molar-refractivity contribution in [3.63, 3.8) is 0 Å². The first-order chi connectivity index (χ1) is 9.16. The van der Waals surface area contributed by atoms with Crippen LogP contribution in [0.15, 0.2) is 29.2 Å². The lowest BCUT2D eigenvalue weighted by Crippen LogP contribution is -2.29. The summed E-state index contributed by atoms with van der Waals surface area (Å²) in [4.78, 5) is -0.396. The van der Waals surface area contributed by atoms with Crippen molar-refractivity contribution >= 4 is 10.0 Å². The zero-order chi connectivity index (χ0) is 15.4. The van der Waals surface area contributed by atoms with Gasteiger partial charge in [-0.3, -0.25) is 0 Å². The number of sulfonamides is 1. The van der Waals surface area contributed by atoms with E-state index in [4.69, 9.17) is 5.73 Å². The molecule has 1 atom stereocenters. The Labute approximate surface area is 116 Å². The van der Waals surface area contributed by atoms with E-state index >= 15 is 0 Å². The summed E-state index contributed by atoms with van der Waals surface area (Å²) in [5, 5.41) is 0. The minimum absolute atomic E-state index is 0.0144. The normalized spacial score (nSPS) is 14.2. The quantitative estimate of drug-likeness (QED) is 0.844. The number of hydrogen-bond donors (Lipinski definition) is 2. The van der Waals surface area contributed by atoms with Crippen LogP contribution in [0, 0.1) is 5.92 Å². The molecule has 8 heteroatoms. The van der Waals surface area contributed by atoms with Crippen molar-refractivity contribution < 1.29 is 21.6 Å². The molecule has 114 valence electrons. The Bertz CT molecular complexity index is 544. The average molecular weight is 310 g/mol. The summed E-state index contributed by atoms with van der Waals surface area (Å²) in [5.41, 5.74) is 4.35. The molecule has 0 saturated carbocycles. The van der Waals surface area contributed by atoms with E-state index in [-0.39, 0.29) is 12.5 Å². The first-order valence-corrected chi connectivity index (χ1v) is 7.52. The highest BCUT2D eigenvalue weighted by molar-refractivity contribution is 7.89. The summed E-state index contributed by atoms with van der Waals surface area (Å²) < 4.78 is 63.7. The van der Waals surface area contributed by atoms with E-state index in [1.807, 2.05) is 6.92 Å². The number of nitrogens with one attached hydrogen (secondary N) is 1. The number of nitrogens with two attached hydrogens (primary N) is 1. The summed E-state index contributed by atoms with van der Waals surface area (Å²) in [6.45, 7) is 2.36. The van der Waals surface area contributed by atoms with Crippen molar-refractivity contribution in [2.24, 2.45) is 11.7 Å². The average Bonchev–Trinajstić information content (AvgIpc) is 2.36. The SMILES string of the molecule is CC(CCN)CNS(=O)(=O)c1cccc(C(F)(F)F)c1. The highest BCUT2D eigenvalue weighted by Crippen LogP contribution is 2.30. The van der Waals surface area contributed by atoms with E-state index in [0.29, 0.717) is 19.0 Å². The van der Waals surface area contributed by atoms with E-state index < -0.39 is 26.7 Å². The summed E-state index contributed by atoms with van der Waals surface area (Å²) in [6, 6.07) is 3.65. The highest BCUT2D eigenvalue weighted by Gasteiger charge is 2.31. The molecule has 3 N–H and O–H groups in total. The number of hydrogen-bond acceptors (Lipinski definition) is 3. The van der Waals surface area contributed by atoms with Crippen LogP contribution in [-0.2, 0) is 16.2 Å². The predicted molar refractivity (Wildman–Crippen MR) is 69.5 cm³/mol. The molecule has 0 spiro atoms. The molecule has 0 amide bonds. The second kappa shape index (κ2) is 6.55. The molecule has 0 aliphatic rings. The molecule has 0 radical (unpaired) electrons. The van der Waals surface area contributed by atoms with E-state index in [0.717, 1.165) is 18.2 Å². The molecule has 0 aliphatic carbocycles. The van der Waals surface area contributed by atoms with Crippen LogP contribution in [0.25, 0.3) is 0 Å². The lowest BCUT2D eigenvalue weighted by atomic mass is 10.1. The van der Waals surface area contributed by atoms with Gasteiger partial charge in [0.05, 0.1) is 10.5 Å². The summed E-state index contributed by atoms with van der Waals surface area (Å²) in [7, 11) is -3.95. The summed E-state index contributed by atoms with van der Waals surface area (Å²) in [5.74, 6) is 0.0144. The zero-order valence-electron chi connectivity index (χ0n) is 10.9. The largest absolute Gasteiger partial charge is 0.416 e. The molecule has 4 nitrogen and oxygen atoms in total. The van der Waals surface area contributed by atoms with Gasteiger partial charge in [-0.1, -0.05) is 13.0 Å². The van der Waals surface area contributed by atoms with Crippen LogP contribution in [0.2, 0.25) is 0 Å². The van der Waals surface area contributed by atoms with Crippen LogP contribution in [0.3, 0.4) is 0 Å². The number of halogens is 3. The topological polar surface area (TPSA) is 72.2 Å². The molecular formula is C12H17F3N2O2S. The molecule has 0 heterocycles. The van der Waals surface area contributed by atoms with Gasteiger partial charge in [0.1, 0.15) is 0 Å². The van der Waals surface area contributed by atoms with E-state index in [1.165, 1.54) is 0 Å². The Morgan fingerprint density at radius 3 is 2.55 bits per heavy atom. The molecule has 0 aliphatic heterocycles. The van der Waals surface area contributed by atoms with Crippen molar-refractivity contribution in [1.82, 2.24) is 4.72 Å². The lowest BCUT2D eigenvalue weighted by molar-refractivity contribution is -0.137. The molecule has 1 aromatic carbocycles. The van der Waals surface area contributed by atoms with Gasteiger partial charge in [-0.2, -0.15) is 13.2 Å². The van der Waals surface area contributed by atoms with Crippen LogP contribution >= 0.6 is 0 Å². The minimum Gasteiger partial charge on any atom is -0.330 e. The van der Waals surface area contributed by atoms with E-state index in [1.54, 1.807) is 0 Å². The first-order valence-electron chi connectivity index (χ1n) is 6.04. The van der Waals surface area contributed by atoms with Crippen LogP contribution < -0.4 is 10.5 Å². The van der Waals surface area contributed by atoms with Gasteiger partial charge in [-0.05, 0) is 37.1 Å². The Kier molecular flexibility index (Phi) is 5.55. The van der Waals surface area contributed by atoms with Crippen LogP contribution in [-0.4, -0.2) is 21.5 Å². The fourth-order valence-corrected chi connectivity index (χ4v) is 2.77. The van der Waals surface area contributed by atoms with Gasteiger partial charge < -0.3 is 5.73 Å². The highest BCUT2D eigenvalue weighted by atomic mass is 32.2. The predicted octanol–water partition coefficient (Wildman–Crippen LogP) is 1.97. The van der Waals surface area contributed by atoms with Gasteiger partial charge in [0.25, 0.3) is 0 Å². The Morgan fingerprint density at radius 1 is 1.35 bits per heavy atom. The smallest absolute Gasteiger partial charge is 0.330 e. The molecule has 0 bridgehead atoms. The maximum Gasteiger partial charge on any atom is 0.416 e. The minimum atomic E-state index is -4.57. The van der Waals surface area contributed by atoms with E-state index in [2.05, 4.69) is 4.72 Å².